The molecule has 28 heavy (non-hydrogen) atoms. The predicted molar refractivity (Wildman–Crippen MR) is 99.3 cm³/mol. The summed E-state index contributed by atoms with van der Waals surface area (Å²) >= 11 is 0. The van der Waals surface area contributed by atoms with Crippen LogP contribution in [0.15, 0.2) is 36.5 Å². The first-order chi connectivity index (χ1) is 12.8. The van der Waals surface area contributed by atoms with E-state index in [4.69, 9.17) is 4.74 Å². The van der Waals surface area contributed by atoms with Gasteiger partial charge < -0.3 is 4.74 Å². The molecule has 1 amide bonds. The van der Waals surface area contributed by atoms with Crippen molar-refractivity contribution in [3.05, 3.63) is 47.8 Å². The monoisotopic (exact) mass is 394 g/mol. The highest BCUT2D eigenvalue weighted by Crippen LogP contribution is 2.28. The largest absolute Gasteiger partial charge is 0.444 e. The molecule has 1 aromatic carbocycles. The van der Waals surface area contributed by atoms with Crippen LogP contribution in [0.25, 0.3) is 11.1 Å². The van der Waals surface area contributed by atoms with Gasteiger partial charge in [0.2, 0.25) is 0 Å². The van der Waals surface area contributed by atoms with E-state index in [-0.39, 0.29) is 22.7 Å². The number of ketones is 1. The van der Waals surface area contributed by atoms with E-state index in [0.717, 1.165) is 0 Å². The minimum absolute atomic E-state index is 0.0288. The molecule has 5 nitrogen and oxygen atoms in total. The first kappa shape index (κ1) is 21.4. The van der Waals surface area contributed by atoms with E-state index < -0.39 is 24.3 Å². The molecule has 0 saturated heterocycles. The molecule has 0 saturated carbocycles. The van der Waals surface area contributed by atoms with Gasteiger partial charge in [-0.15, -0.1) is 0 Å². The molecule has 0 bridgehead atoms. The van der Waals surface area contributed by atoms with E-state index in [1.54, 1.807) is 26.8 Å². The van der Waals surface area contributed by atoms with E-state index >= 15 is 0 Å². The molecule has 0 aliphatic heterocycles. The lowest BCUT2D eigenvalue weighted by Crippen LogP contribution is -2.27. The molecule has 0 unspecified atom stereocenters. The first-order valence-electron chi connectivity index (χ1n) is 8.51. The van der Waals surface area contributed by atoms with Crippen molar-refractivity contribution in [1.82, 2.24) is 4.98 Å². The Balaban J connectivity index is 2.38. The van der Waals surface area contributed by atoms with Crippen molar-refractivity contribution < 1.29 is 27.5 Å². The van der Waals surface area contributed by atoms with Gasteiger partial charge >= 0.3 is 12.3 Å². The van der Waals surface area contributed by atoms with Gasteiger partial charge in [0.1, 0.15) is 11.3 Å². The van der Waals surface area contributed by atoms with E-state index in [2.05, 4.69) is 10.3 Å². The first-order valence-corrected chi connectivity index (χ1v) is 8.51. The SMILES string of the molecule is CC(=O)c1ncc(-c2cccc(CC(F)(F)F)c2)cc1NC(=O)OC(C)(C)C. The van der Waals surface area contributed by atoms with Crippen LogP contribution in [0.5, 0.6) is 0 Å². The number of halogens is 3. The van der Waals surface area contributed by atoms with Gasteiger partial charge in [0.15, 0.2) is 5.78 Å². The van der Waals surface area contributed by atoms with Crippen molar-refractivity contribution in [2.45, 2.75) is 45.9 Å². The van der Waals surface area contributed by atoms with Crippen molar-refractivity contribution in [2.75, 3.05) is 5.32 Å². The number of carbonyl (C=O) groups excluding carboxylic acids is 2. The summed E-state index contributed by atoms with van der Waals surface area (Å²) in [6.07, 6.45) is -4.76. The number of amides is 1. The number of ether oxygens (including phenoxy) is 1. The fraction of sp³-hybridized carbons (Fsp3) is 0.350. The number of aromatic nitrogens is 1. The second-order valence-corrected chi connectivity index (χ2v) is 7.30. The summed E-state index contributed by atoms with van der Waals surface area (Å²) in [6, 6.07) is 7.40. The Labute approximate surface area is 160 Å². The molecule has 150 valence electrons. The third-order valence-corrected chi connectivity index (χ3v) is 3.52. The maximum absolute atomic E-state index is 12.6. The second-order valence-electron chi connectivity index (χ2n) is 7.30. The summed E-state index contributed by atoms with van der Waals surface area (Å²) in [4.78, 5) is 27.9. The summed E-state index contributed by atoms with van der Waals surface area (Å²) in [5.41, 5.74) is 0.456. The number of nitrogens with one attached hydrogen (secondary N) is 1. The highest BCUT2D eigenvalue weighted by Gasteiger charge is 2.27. The number of benzene rings is 1. The van der Waals surface area contributed by atoms with Crippen LogP contribution in [0.4, 0.5) is 23.7 Å². The van der Waals surface area contributed by atoms with Gasteiger partial charge in [-0.05, 0) is 38.0 Å². The molecule has 1 aromatic heterocycles. The highest BCUT2D eigenvalue weighted by atomic mass is 19.4. The predicted octanol–water partition coefficient (Wildman–Crippen LogP) is 5.40. The van der Waals surface area contributed by atoms with Crippen LogP contribution < -0.4 is 5.32 Å². The zero-order valence-electron chi connectivity index (χ0n) is 16.0. The van der Waals surface area contributed by atoms with Crippen LogP contribution in [-0.4, -0.2) is 28.6 Å². The van der Waals surface area contributed by atoms with Crippen LogP contribution in [0.2, 0.25) is 0 Å². The molecule has 2 aromatic rings. The highest BCUT2D eigenvalue weighted by molar-refractivity contribution is 6.01. The van der Waals surface area contributed by atoms with E-state index in [0.29, 0.717) is 11.1 Å². The van der Waals surface area contributed by atoms with Crippen LogP contribution in [0.1, 0.15) is 43.7 Å². The van der Waals surface area contributed by atoms with Gasteiger partial charge in [-0.25, -0.2) is 4.79 Å². The molecule has 0 aliphatic rings. The van der Waals surface area contributed by atoms with Gasteiger partial charge in [-0.1, -0.05) is 24.3 Å². The number of carbonyl (C=O) groups is 2. The van der Waals surface area contributed by atoms with Gasteiger partial charge in [-0.3, -0.25) is 15.1 Å². The Hall–Kier alpha value is -2.90. The maximum Gasteiger partial charge on any atom is 0.412 e. The van der Waals surface area contributed by atoms with Gasteiger partial charge in [0.05, 0.1) is 12.1 Å². The van der Waals surface area contributed by atoms with Crippen LogP contribution in [0.3, 0.4) is 0 Å². The van der Waals surface area contributed by atoms with Gasteiger partial charge in [0.25, 0.3) is 0 Å². The van der Waals surface area contributed by atoms with Crippen LogP contribution in [-0.2, 0) is 11.2 Å². The summed E-state index contributed by atoms with van der Waals surface area (Å²) < 4.78 is 43.1. The van der Waals surface area contributed by atoms with Crippen molar-refractivity contribution in [1.29, 1.82) is 0 Å². The summed E-state index contributed by atoms with van der Waals surface area (Å²) in [5, 5.41) is 2.49. The molecule has 8 heteroatoms. The Morgan fingerprint density at radius 2 is 1.79 bits per heavy atom. The maximum atomic E-state index is 12.6. The lowest BCUT2D eigenvalue weighted by Gasteiger charge is -2.20. The average molecular weight is 394 g/mol. The summed E-state index contributed by atoms with van der Waals surface area (Å²) in [5.74, 6) is -0.372. The molecule has 1 N–H and O–H groups in total. The summed E-state index contributed by atoms with van der Waals surface area (Å²) in [6.45, 7) is 6.38. The standard InChI is InChI=1S/C20H21F3N2O3/c1-12(26)17-16(25-18(27)28-19(2,3)4)9-15(11-24-17)14-7-5-6-13(8-14)10-20(21,22)23/h5-9,11H,10H2,1-4H3,(H,25,27). The van der Waals surface area contributed by atoms with E-state index in [1.807, 2.05) is 0 Å². The van der Waals surface area contributed by atoms with Crippen LogP contribution >= 0.6 is 0 Å². The molecular formula is C20H21F3N2O3. The number of alkyl halides is 3. The van der Waals surface area contributed by atoms with Gasteiger partial charge in [0, 0.05) is 18.7 Å². The fourth-order valence-electron chi connectivity index (χ4n) is 2.50. The number of pyridine rings is 1. The third kappa shape index (κ3) is 6.37. The normalized spacial score (nSPS) is 11.8. The molecule has 1 heterocycles. The van der Waals surface area contributed by atoms with Crippen LogP contribution in [0, 0.1) is 0 Å². The molecule has 0 atom stereocenters. The lowest BCUT2D eigenvalue weighted by molar-refractivity contribution is -0.127. The summed E-state index contributed by atoms with van der Waals surface area (Å²) in [7, 11) is 0. The Kier molecular flexibility index (Phi) is 6.11. The Bertz CT molecular complexity index is 887. The van der Waals surface area contributed by atoms with Crippen molar-refractivity contribution in [3.63, 3.8) is 0 Å². The van der Waals surface area contributed by atoms with E-state index in [1.165, 1.54) is 37.4 Å². The fourth-order valence-corrected chi connectivity index (χ4v) is 2.50. The smallest absolute Gasteiger partial charge is 0.412 e. The molecule has 0 radical (unpaired) electrons. The third-order valence-electron chi connectivity index (χ3n) is 3.52. The number of Topliss-reactive ketones (excluding diaryl/α,β-unsaturated/α-hetero) is 1. The van der Waals surface area contributed by atoms with Crippen molar-refractivity contribution >= 4 is 17.6 Å². The number of hydrogen-bond acceptors (Lipinski definition) is 4. The van der Waals surface area contributed by atoms with Gasteiger partial charge in [-0.2, -0.15) is 13.2 Å². The Morgan fingerprint density at radius 3 is 2.36 bits per heavy atom. The molecule has 0 fully saturated rings. The second kappa shape index (κ2) is 8.00. The number of hydrogen-bond donors (Lipinski definition) is 1. The minimum atomic E-state index is -4.32. The zero-order valence-corrected chi connectivity index (χ0v) is 16.0. The minimum Gasteiger partial charge on any atom is -0.444 e. The molecule has 0 spiro atoms. The number of rotatable bonds is 4. The zero-order chi connectivity index (χ0) is 21.1. The van der Waals surface area contributed by atoms with Crippen molar-refractivity contribution in [2.24, 2.45) is 0 Å². The Morgan fingerprint density at radius 1 is 1.11 bits per heavy atom. The molecule has 2 rings (SSSR count). The number of anilines is 1. The molecule has 0 aliphatic carbocycles. The van der Waals surface area contributed by atoms with E-state index in [9.17, 15) is 22.8 Å². The average Bonchev–Trinajstić information content (AvgIpc) is 2.51. The molecular weight excluding hydrogens is 373 g/mol. The number of nitrogens with zero attached hydrogens (tertiary/aromatic N) is 1. The quantitative estimate of drug-likeness (QED) is 0.705. The topological polar surface area (TPSA) is 68.3 Å². The lowest BCUT2D eigenvalue weighted by atomic mass is 10.0. The van der Waals surface area contributed by atoms with Crippen molar-refractivity contribution in [3.8, 4) is 11.1 Å².